The molecule has 0 saturated carbocycles. The van der Waals surface area contributed by atoms with Crippen molar-refractivity contribution in [3.8, 4) is 67.5 Å². The van der Waals surface area contributed by atoms with Crippen LogP contribution in [-0.2, 0) is 0 Å². The van der Waals surface area contributed by atoms with Gasteiger partial charge >= 0.3 is 0 Å². The maximum absolute atomic E-state index is 6.95. The van der Waals surface area contributed by atoms with Crippen molar-refractivity contribution in [2.45, 2.75) is 0 Å². The summed E-state index contributed by atoms with van der Waals surface area (Å²) in [7, 11) is 0. The van der Waals surface area contributed by atoms with Gasteiger partial charge in [0, 0.05) is 27.8 Å². The molecule has 2 heteroatoms. The van der Waals surface area contributed by atoms with Gasteiger partial charge in [-0.1, -0.05) is 121 Å². The molecule has 1 aliphatic rings. The van der Waals surface area contributed by atoms with Crippen LogP contribution in [0.1, 0.15) is 0 Å². The predicted molar refractivity (Wildman–Crippen MR) is 155 cm³/mol. The predicted octanol–water partition coefficient (Wildman–Crippen LogP) is 10.3. The highest BCUT2D eigenvalue weighted by molar-refractivity contribution is 5.88. The zero-order valence-electron chi connectivity index (χ0n) is 20.7. The third-order valence-electron chi connectivity index (χ3n) is 6.97. The standard InChI is InChI=1S/C36H24O2/c1-3-12-25(13-4-1)27-22-23-35-32(24-27)30-17-8-10-21-34(30)37-33-20-9-7-16-29(33)31-19-11-18-28(36(31)38-35)26-14-5-2-6-15-26/h1-24H. The summed E-state index contributed by atoms with van der Waals surface area (Å²) in [4.78, 5) is 0. The summed E-state index contributed by atoms with van der Waals surface area (Å²) in [5.74, 6) is 3.17. The van der Waals surface area contributed by atoms with Gasteiger partial charge in [0.15, 0.2) is 0 Å². The Balaban J connectivity index is 1.52. The summed E-state index contributed by atoms with van der Waals surface area (Å²) in [5, 5.41) is 0. The fourth-order valence-electron chi connectivity index (χ4n) is 5.13. The lowest BCUT2D eigenvalue weighted by Crippen LogP contribution is -1.99. The molecule has 180 valence electrons. The molecule has 1 heterocycles. The van der Waals surface area contributed by atoms with Crippen molar-refractivity contribution in [2.75, 3.05) is 0 Å². The first-order chi connectivity index (χ1) is 18.8. The van der Waals surface area contributed by atoms with Crippen molar-refractivity contribution in [1.82, 2.24) is 0 Å². The SMILES string of the molecule is c1ccc(-c2ccc3c(c2)-c2ccccc2Oc2ccccc2-c2cccc(-c4ccccc4)c2O3)cc1. The van der Waals surface area contributed by atoms with Gasteiger partial charge in [-0.25, -0.2) is 0 Å². The van der Waals surface area contributed by atoms with Crippen LogP contribution in [0.15, 0.2) is 146 Å². The fraction of sp³-hybridized carbons (Fsp3) is 0. The number of para-hydroxylation sites is 3. The molecule has 0 aromatic heterocycles. The minimum Gasteiger partial charge on any atom is -0.456 e. The Labute approximate surface area is 222 Å². The van der Waals surface area contributed by atoms with Crippen LogP contribution in [0.3, 0.4) is 0 Å². The van der Waals surface area contributed by atoms with E-state index in [0.29, 0.717) is 0 Å². The Morgan fingerprint density at radius 2 is 0.816 bits per heavy atom. The highest BCUT2D eigenvalue weighted by atomic mass is 16.5. The monoisotopic (exact) mass is 488 g/mol. The minimum atomic E-state index is 0.782. The molecule has 0 unspecified atom stereocenters. The van der Waals surface area contributed by atoms with E-state index in [4.69, 9.17) is 9.47 Å². The third kappa shape index (κ3) is 3.93. The second-order valence-electron chi connectivity index (χ2n) is 9.32. The molecule has 0 amide bonds. The molecule has 6 aromatic rings. The van der Waals surface area contributed by atoms with Crippen LogP contribution in [0.25, 0.3) is 44.5 Å². The molecule has 0 bridgehead atoms. The number of fused-ring (bicyclic) bond motifs is 6. The van der Waals surface area contributed by atoms with Crippen LogP contribution >= 0.6 is 0 Å². The molecular weight excluding hydrogens is 464 g/mol. The maximum Gasteiger partial charge on any atom is 0.143 e. The van der Waals surface area contributed by atoms with Gasteiger partial charge in [0.05, 0.1) is 0 Å². The highest BCUT2D eigenvalue weighted by Crippen LogP contribution is 2.50. The molecule has 0 fully saturated rings. The molecule has 2 nitrogen and oxygen atoms in total. The molecule has 0 saturated heterocycles. The van der Waals surface area contributed by atoms with E-state index in [1.54, 1.807) is 0 Å². The molecule has 0 spiro atoms. The van der Waals surface area contributed by atoms with E-state index < -0.39 is 0 Å². The quantitative estimate of drug-likeness (QED) is 0.241. The summed E-state index contributed by atoms with van der Waals surface area (Å²) < 4.78 is 13.6. The summed E-state index contributed by atoms with van der Waals surface area (Å²) in [6, 6.07) is 49.9. The molecule has 7 rings (SSSR count). The van der Waals surface area contributed by atoms with Crippen LogP contribution in [0.5, 0.6) is 23.0 Å². The van der Waals surface area contributed by atoms with Gasteiger partial charge in [-0.15, -0.1) is 0 Å². The fourth-order valence-corrected chi connectivity index (χ4v) is 5.13. The van der Waals surface area contributed by atoms with Crippen LogP contribution < -0.4 is 9.47 Å². The smallest absolute Gasteiger partial charge is 0.143 e. The Hall–Kier alpha value is -5.08. The normalized spacial score (nSPS) is 11.6. The highest BCUT2D eigenvalue weighted by Gasteiger charge is 2.22. The summed E-state index contributed by atoms with van der Waals surface area (Å²) in [5.41, 5.74) is 8.34. The first kappa shape index (κ1) is 22.1. The van der Waals surface area contributed by atoms with Crippen molar-refractivity contribution in [3.05, 3.63) is 146 Å². The second-order valence-corrected chi connectivity index (χ2v) is 9.32. The minimum absolute atomic E-state index is 0.782. The zero-order valence-corrected chi connectivity index (χ0v) is 20.7. The lowest BCUT2D eigenvalue weighted by atomic mass is 9.95. The Kier molecular flexibility index (Phi) is 5.49. The van der Waals surface area contributed by atoms with Crippen LogP contribution in [0, 0.1) is 0 Å². The van der Waals surface area contributed by atoms with Crippen molar-refractivity contribution < 1.29 is 9.47 Å². The van der Waals surface area contributed by atoms with E-state index in [1.165, 1.54) is 0 Å². The first-order valence-electron chi connectivity index (χ1n) is 12.8. The molecule has 1 aliphatic heterocycles. The van der Waals surface area contributed by atoms with Gasteiger partial charge in [0.2, 0.25) is 0 Å². The van der Waals surface area contributed by atoms with E-state index in [1.807, 2.05) is 48.5 Å². The van der Waals surface area contributed by atoms with Gasteiger partial charge in [-0.2, -0.15) is 0 Å². The Morgan fingerprint density at radius 1 is 0.289 bits per heavy atom. The van der Waals surface area contributed by atoms with Gasteiger partial charge in [0.25, 0.3) is 0 Å². The molecule has 0 atom stereocenters. The number of hydrogen-bond donors (Lipinski definition) is 0. The van der Waals surface area contributed by atoms with Gasteiger partial charge in [-0.3, -0.25) is 0 Å². The molecule has 0 aliphatic carbocycles. The largest absolute Gasteiger partial charge is 0.456 e. The van der Waals surface area contributed by atoms with E-state index in [0.717, 1.165) is 67.5 Å². The van der Waals surface area contributed by atoms with E-state index in [-0.39, 0.29) is 0 Å². The van der Waals surface area contributed by atoms with Crippen LogP contribution in [0.4, 0.5) is 0 Å². The van der Waals surface area contributed by atoms with Crippen LogP contribution in [0.2, 0.25) is 0 Å². The Bertz CT molecular complexity index is 1750. The number of rotatable bonds is 2. The third-order valence-corrected chi connectivity index (χ3v) is 6.97. The van der Waals surface area contributed by atoms with Crippen molar-refractivity contribution in [3.63, 3.8) is 0 Å². The Morgan fingerprint density at radius 3 is 1.53 bits per heavy atom. The molecule has 0 N–H and O–H groups in total. The number of ether oxygens (including phenoxy) is 2. The zero-order chi connectivity index (χ0) is 25.3. The molecule has 0 radical (unpaired) electrons. The van der Waals surface area contributed by atoms with E-state index in [9.17, 15) is 0 Å². The van der Waals surface area contributed by atoms with Crippen molar-refractivity contribution in [2.24, 2.45) is 0 Å². The van der Waals surface area contributed by atoms with Crippen molar-refractivity contribution in [1.29, 1.82) is 0 Å². The first-order valence-corrected chi connectivity index (χ1v) is 12.8. The number of hydrogen-bond acceptors (Lipinski definition) is 2. The lowest BCUT2D eigenvalue weighted by Gasteiger charge is -2.23. The molecular formula is C36H24O2. The molecule has 38 heavy (non-hydrogen) atoms. The lowest BCUT2D eigenvalue weighted by molar-refractivity contribution is 0.473. The van der Waals surface area contributed by atoms with Crippen molar-refractivity contribution >= 4 is 0 Å². The average molecular weight is 489 g/mol. The molecule has 6 aromatic carbocycles. The number of benzene rings is 6. The van der Waals surface area contributed by atoms with Gasteiger partial charge < -0.3 is 9.47 Å². The summed E-state index contributed by atoms with van der Waals surface area (Å²) in [6.45, 7) is 0. The second kappa shape index (κ2) is 9.42. The van der Waals surface area contributed by atoms with E-state index >= 15 is 0 Å². The van der Waals surface area contributed by atoms with Gasteiger partial charge in [-0.05, 0) is 41.0 Å². The maximum atomic E-state index is 6.95. The van der Waals surface area contributed by atoms with Crippen LogP contribution in [-0.4, -0.2) is 0 Å². The topological polar surface area (TPSA) is 18.5 Å². The van der Waals surface area contributed by atoms with E-state index in [2.05, 4.69) is 97.1 Å². The summed E-state index contributed by atoms with van der Waals surface area (Å²) in [6.07, 6.45) is 0. The van der Waals surface area contributed by atoms with Gasteiger partial charge in [0.1, 0.15) is 23.0 Å². The average Bonchev–Trinajstić information content (AvgIpc) is 2.99. The summed E-state index contributed by atoms with van der Waals surface area (Å²) >= 11 is 0.